The molecule has 4 rings (SSSR count). The van der Waals surface area contributed by atoms with Crippen LogP contribution >= 0.6 is 12.4 Å². The molecule has 0 aliphatic heterocycles. The second-order valence-electron chi connectivity index (χ2n) is 5.72. The molecule has 4 nitrogen and oxygen atoms in total. The van der Waals surface area contributed by atoms with Crippen molar-refractivity contribution in [3.63, 3.8) is 0 Å². The van der Waals surface area contributed by atoms with Gasteiger partial charge in [-0.05, 0) is 35.4 Å². The molecule has 25 heavy (non-hydrogen) atoms. The monoisotopic (exact) mass is 353 g/mol. The summed E-state index contributed by atoms with van der Waals surface area (Å²) < 4.78 is 0. The largest absolute Gasteiger partial charge is 0.412 e. The first-order chi connectivity index (χ1) is 11.3. The summed E-state index contributed by atoms with van der Waals surface area (Å²) in [6.45, 7) is 2.14. The Kier molecular flexibility index (Phi) is 5.91. The van der Waals surface area contributed by atoms with Gasteiger partial charge < -0.3 is 10.8 Å². The number of nitrogens with zero attached hydrogens (tertiary/aromatic N) is 2. The zero-order valence-electron chi connectivity index (χ0n) is 13.8. The van der Waals surface area contributed by atoms with Gasteiger partial charge in [0.25, 0.3) is 0 Å². The quantitative estimate of drug-likeness (QED) is 0.549. The van der Waals surface area contributed by atoms with Crippen LogP contribution in [0.2, 0.25) is 0 Å². The van der Waals surface area contributed by atoms with Crippen LogP contribution in [0.4, 0.5) is 5.82 Å². The van der Waals surface area contributed by atoms with Gasteiger partial charge in [-0.1, -0.05) is 54.6 Å². The van der Waals surface area contributed by atoms with Crippen molar-refractivity contribution in [3.8, 4) is 0 Å². The zero-order valence-corrected chi connectivity index (χ0v) is 14.6. The lowest BCUT2D eigenvalue weighted by Crippen LogP contribution is -2.08. The first-order valence-corrected chi connectivity index (χ1v) is 7.76. The molecule has 3 aromatic carbocycles. The number of aromatic nitrogens is 2. The molecule has 0 fully saturated rings. The molecule has 1 aromatic heterocycles. The van der Waals surface area contributed by atoms with Gasteiger partial charge in [-0.3, -0.25) is 0 Å². The molecular weight excluding hydrogens is 334 g/mol. The molecular formula is C20H20ClN3O. The lowest BCUT2D eigenvalue weighted by molar-refractivity contribution is 0.824. The third kappa shape index (κ3) is 3.71. The molecule has 1 unspecified atom stereocenters. The fraction of sp³-hybridized carbons (Fsp3) is 0.100. The van der Waals surface area contributed by atoms with Crippen LogP contribution in [0, 0.1) is 0 Å². The summed E-state index contributed by atoms with van der Waals surface area (Å²) in [5.74, 6) is 0.872. The van der Waals surface area contributed by atoms with Gasteiger partial charge in [0.15, 0.2) is 0 Å². The fourth-order valence-electron chi connectivity index (χ4n) is 2.89. The third-order valence-corrected chi connectivity index (χ3v) is 4.16. The standard InChI is InChI=1S/C20H17N3.ClH.H2O/c1-14(15-7-3-2-4-8-15)23-20-18-11-16-9-5-6-10-17(16)12-19(18)21-13-22-20;;/h2-14H,1H3,(H,21,22,23);1H;1H2. The van der Waals surface area contributed by atoms with E-state index in [1.165, 1.54) is 16.3 Å². The Labute approximate surface area is 152 Å². The van der Waals surface area contributed by atoms with Gasteiger partial charge in [0.1, 0.15) is 12.1 Å². The molecule has 1 heterocycles. The average molecular weight is 354 g/mol. The molecule has 3 N–H and O–H groups in total. The Morgan fingerprint density at radius 1 is 0.840 bits per heavy atom. The average Bonchev–Trinajstić information content (AvgIpc) is 2.61. The van der Waals surface area contributed by atoms with Crippen molar-refractivity contribution in [1.29, 1.82) is 0 Å². The lowest BCUT2D eigenvalue weighted by Gasteiger charge is -2.16. The van der Waals surface area contributed by atoms with E-state index in [9.17, 15) is 0 Å². The predicted octanol–water partition coefficient (Wildman–Crippen LogP) is 4.55. The molecule has 5 heteroatoms. The zero-order chi connectivity index (χ0) is 15.6. The molecule has 0 aliphatic rings. The summed E-state index contributed by atoms with van der Waals surface area (Å²) in [4.78, 5) is 8.88. The van der Waals surface area contributed by atoms with Gasteiger partial charge in [0.2, 0.25) is 0 Å². The topological polar surface area (TPSA) is 69.3 Å². The molecule has 1 atom stereocenters. The van der Waals surface area contributed by atoms with Crippen molar-refractivity contribution in [2.45, 2.75) is 13.0 Å². The molecule has 0 radical (unpaired) electrons. The Morgan fingerprint density at radius 3 is 2.20 bits per heavy atom. The summed E-state index contributed by atoms with van der Waals surface area (Å²) in [7, 11) is 0. The highest BCUT2D eigenvalue weighted by molar-refractivity contribution is 6.00. The van der Waals surface area contributed by atoms with Crippen molar-refractivity contribution < 1.29 is 5.48 Å². The molecule has 0 saturated carbocycles. The van der Waals surface area contributed by atoms with Gasteiger partial charge in [-0.25, -0.2) is 9.97 Å². The Bertz CT molecular complexity index is 976. The Balaban J connectivity index is 0.00000113. The predicted molar refractivity (Wildman–Crippen MR) is 106 cm³/mol. The van der Waals surface area contributed by atoms with Crippen LogP contribution in [0.1, 0.15) is 18.5 Å². The van der Waals surface area contributed by atoms with E-state index in [0.717, 1.165) is 16.7 Å². The van der Waals surface area contributed by atoms with E-state index in [1.807, 2.05) is 12.1 Å². The summed E-state index contributed by atoms with van der Waals surface area (Å²) in [5.41, 5.74) is 2.20. The van der Waals surface area contributed by atoms with Crippen molar-refractivity contribution in [2.75, 3.05) is 5.32 Å². The Morgan fingerprint density at radius 2 is 1.48 bits per heavy atom. The van der Waals surface area contributed by atoms with E-state index in [2.05, 4.69) is 76.8 Å². The van der Waals surface area contributed by atoms with Crippen molar-refractivity contribution in [3.05, 3.63) is 78.6 Å². The number of nitrogens with one attached hydrogen (secondary N) is 1. The van der Waals surface area contributed by atoms with E-state index < -0.39 is 0 Å². The maximum atomic E-state index is 4.46. The van der Waals surface area contributed by atoms with E-state index >= 15 is 0 Å². The Hall–Kier alpha value is -2.69. The van der Waals surface area contributed by atoms with Crippen molar-refractivity contribution in [2.24, 2.45) is 0 Å². The van der Waals surface area contributed by atoms with Crippen molar-refractivity contribution >= 4 is 39.9 Å². The van der Waals surface area contributed by atoms with Gasteiger partial charge in [0, 0.05) is 11.4 Å². The third-order valence-electron chi connectivity index (χ3n) is 4.16. The van der Waals surface area contributed by atoms with Crippen LogP contribution in [0.3, 0.4) is 0 Å². The first kappa shape index (κ1) is 18.6. The normalized spacial score (nSPS) is 11.4. The highest BCUT2D eigenvalue weighted by atomic mass is 35.5. The molecule has 0 spiro atoms. The highest BCUT2D eigenvalue weighted by Crippen LogP contribution is 2.27. The first-order valence-electron chi connectivity index (χ1n) is 7.76. The number of benzene rings is 3. The van der Waals surface area contributed by atoms with Gasteiger partial charge in [0.05, 0.1) is 5.52 Å². The number of rotatable bonds is 3. The minimum absolute atomic E-state index is 0. The smallest absolute Gasteiger partial charge is 0.137 e. The van der Waals surface area contributed by atoms with Crippen LogP contribution in [0.5, 0.6) is 0 Å². The molecule has 0 saturated heterocycles. The molecule has 0 bridgehead atoms. The van der Waals surface area contributed by atoms with Gasteiger partial charge in [-0.15, -0.1) is 12.4 Å². The van der Waals surface area contributed by atoms with Crippen LogP contribution < -0.4 is 5.32 Å². The minimum atomic E-state index is 0. The minimum Gasteiger partial charge on any atom is -0.412 e. The SMILES string of the molecule is CC(Nc1ncnc2cc3ccccc3cc12)c1ccccc1.Cl.O. The molecule has 128 valence electrons. The molecule has 0 amide bonds. The maximum absolute atomic E-state index is 4.46. The number of halogens is 1. The van der Waals surface area contributed by atoms with Crippen LogP contribution in [-0.4, -0.2) is 15.4 Å². The van der Waals surface area contributed by atoms with Crippen LogP contribution in [-0.2, 0) is 0 Å². The number of hydrogen-bond donors (Lipinski definition) is 1. The summed E-state index contributed by atoms with van der Waals surface area (Å²) in [6, 6.07) is 23.2. The summed E-state index contributed by atoms with van der Waals surface area (Å²) >= 11 is 0. The molecule has 0 aliphatic carbocycles. The van der Waals surface area contributed by atoms with E-state index in [1.54, 1.807) is 6.33 Å². The second kappa shape index (κ2) is 7.92. The summed E-state index contributed by atoms with van der Waals surface area (Å²) in [5, 5.41) is 6.96. The van der Waals surface area contributed by atoms with E-state index in [0.29, 0.717) is 0 Å². The summed E-state index contributed by atoms with van der Waals surface area (Å²) in [6.07, 6.45) is 1.62. The van der Waals surface area contributed by atoms with E-state index in [-0.39, 0.29) is 23.9 Å². The van der Waals surface area contributed by atoms with Gasteiger partial charge >= 0.3 is 0 Å². The van der Waals surface area contributed by atoms with Crippen LogP contribution in [0.25, 0.3) is 21.7 Å². The van der Waals surface area contributed by atoms with Crippen LogP contribution in [0.15, 0.2) is 73.1 Å². The highest BCUT2D eigenvalue weighted by Gasteiger charge is 2.09. The lowest BCUT2D eigenvalue weighted by atomic mass is 10.1. The van der Waals surface area contributed by atoms with Gasteiger partial charge in [-0.2, -0.15) is 0 Å². The van der Waals surface area contributed by atoms with Crippen molar-refractivity contribution in [1.82, 2.24) is 9.97 Å². The maximum Gasteiger partial charge on any atom is 0.137 e. The van der Waals surface area contributed by atoms with E-state index in [4.69, 9.17) is 0 Å². The number of hydrogen-bond acceptors (Lipinski definition) is 3. The molecule has 4 aromatic rings. The number of fused-ring (bicyclic) bond motifs is 2. The fourth-order valence-corrected chi connectivity index (χ4v) is 2.89. The second-order valence-corrected chi connectivity index (χ2v) is 5.72. The number of anilines is 1.